The molecule has 0 aliphatic heterocycles. The summed E-state index contributed by atoms with van der Waals surface area (Å²) < 4.78 is 22.9. The lowest BCUT2D eigenvalue weighted by atomic mass is 10.3. The van der Waals surface area contributed by atoms with Crippen LogP contribution in [0.25, 0.3) is 0 Å². The SMILES string of the molecule is CCS(=O)(=O)c1ccc(NCS)cc1. The van der Waals surface area contributed by atoms with E-state index in [-0.39, 0.29) is 5.75 Å². The number of anilines is 1. The van der Waals surface area contributed by atoms with E-state index in [1.54, 1.807) is 31.2 Å². The van der Waals surface area contributed by atoms with Gasteiger partial charge in [-0.2, -0.15) is 12.6 Å². The molecule has 0 heterocycles. The molecule has 0 bridgehead atoms. The molecule has 0 atom stereocenters. The highest BCUT2D eigenvalue weighted by Crippen LogP contribution is 2.15. The quantitative estimate of drug-likeness (QED) is 0.613. The van der Waals surface area contributed by atoms with Gasteiger partial charge in [-0.05, 0) is 24.3 Å². The summed E-state index contributed by atoms with van der Waals surface area (Å²) in [5.41, 5.74) is 0.870. The van der Waals surface area contributed by atoms with E-state index in [4.69, 9.17) is 0 Å². The van der Waals surface area contributed by atoms with Gasteiger partial charge in [0.1, 0.15) is 0 Å². The molecule has 78 valence electrons. The summed E-state index contributed by atoms with van der Waals surface area (Å²) in [6, 6.07) is 6.67. The Bertz CT molecular complexity index is 384. The van der Waals surface area contributed by atoms with Crippen molar-refractivity contribution in [3.8, 4) is 0 Å². The molecule has 1 rings (SSSR count). The zero-order valence-corrected chi connectivity index (χ0v) is 9.61. The monoisotopic (exact) mass is 231 g/mol. The van der Waals surface area contributed by atoms with E-state index in [2.05, 4.69) is 17.9 Å². The summed E-state index contributed by atoms with van der Waals surface area (Å²) in [6.45, 7) is 1.63. The fourth-order valence-electron chi connectivity index (χ4n) is 1.04. The summed E-state index contributed by atoms with van der Waals surface area (Å²) in [7, 11) is -3.08. The van der Waals surface area contributed by atoms with Crippen LogP contribution in [0.15, 0.2) is 29.2 Å². The highest BCUT2D eigenvalue weighted by atomic mass is 32.2. The number of benzene rings is 1. The van der Waals surface area contributed by atoms with Gasteiger partial charge in [0, 0.05) is 5.69 Å². The maximum Gasteiger partial charge on any atom is 0.178 e. The van der Waals surface area contributed by atoms with Crippen molar-refractivity contribution in [1.29, 1.82) is 0 Å². The minimum atomic E-state index is -3.08. The zero-order chi connectivity index (χ0) is 10.6. The van der Waals surface area contributed by atoms with E-state index in [9.17, 15) is 8.42 Å². The predicted molar refractivity (Wildman–Crippen MR) is 61.6 cm³/mol. The fourth-order valence-corrected chi connectivity index (χ4v) is 2.10. The van der Waals surface area contributed by atoms with Crippen molar-refractivity contribution in [3.05, 3.63) is 24.3 Å². The van der Waals surface area contributed by atoms with E-state index >= 15 is 0 Å². The van der Waals surface area contributed by atoms with Gasteiger partial charge in [-0.25, -0.2) is 8.42 Å². The molecule has 0 radical (unpaired) electrons. The first-order valence-corrected chi connectivity index (χ1v) is 6.56. The van der Waals surface area contributed by atoms with Gasteiger partial charge in [-0.15, -0.1) is 0 Å². The van der Waals surface area contributed by atoms with Crippen molar-refractivity contribution in [3.63, 3.8) is 0 Å². The second-order valence-corrected chi connectivity index (χ2v) is 5.36. The summed E-state index contributed by atoms with van der Waals surface area (Å²) in [4.78, 5) is 0.365. The van der Waals surface area contributed by atoms with Gasteiger partial charge in [-0.1, -0.05) is 6.92 Å². The molecular weight excluding hydrogens is 218 g/mol. The van der Waals surface area contributed by atoms with Crippen molar-refractivity contribution >= 4 is 28.2 Å². The highest BCUT2D eigenvalue weighted by molar-refractivity contribution is 7.91. The van der Waals surface area contributed by atoms with E-state index in [1.165, 1.54) is 0 Å². The van der Waals surface area contributed by atoms with Crippen LogP contribution in [0.1, 0.15) is 6.92 Å². The van der Waals surface area contributed by atoms with Crippen LogP contribution in [0.3, 0.4) is 0 Å². The van der Waals surface area contributed by atoms with E-state index in [0.29, 0.717) is 10.8 Å². The van der Waals surface area contributed by atoms with Gasteiger partial charge in [0.2, 0.25) is 0 Å². The molecule has 0 fully saturated rings. The zero-order valence-electron chi connectivity index (χ0n) is 7.90. The second-order valence-electron chi connectivity index (χ2n) is 2.76. The van der Waals surface area contributed by atoms with E-state index in [1.807, 2.05) is 0 Å². The Kier molecular flexibility index (Phi) is 3.83. The molecule has 0 amide bonds. The molecule has 1 aromatic carbocycles. The Hall–Kier alpha value is -0.680. The Labute approximate surface area is 89.9 Å². The first-order valence-electron chi connectivity index (χ1n) is 4.27. The molecule has 1 N–H and O–H groups in total. The molecule has 0 aromatic heterocycles. The maximum absolute atomic E-state index is 11.4. The van der Waals surface area contributed by atoms with Crippen molar-refractivity contribution < 1.29 is 8.42 Å². The normalized spacial score (nSPS) is 11.3. The molecule has 1 aromatic rings. The number of thiol groups is 1. The molecule has 0 aliphatic carbocycles. The molecule has 0 spiro atoms. The summed E-state index contributed by atoms with van der Waals surface area (Å²) >= 11 is 4.00. The van der Waals surface area contributed by atoms with Crippen LogP contribution in [-0.4, -0.2) is 20.0 Å². The molecule has 3 nitrogen and oxygen atoms in total. The number of nitrogens with one attached hydrogen (secondary N) is 1. The largest absolute Gasteiger partial charge is 0.376 e. The number of sulfone groups is 1. The number of rotatable bonds is 4. The van der Waals surface area contributed by atoms with Crippen molar-refractivity contribution in [2.24, 2.45) is 0 Å². The maximum atomic E-state index is 11.4. The summed E-state index contributed by atoms with van der Waals surface area (Å²) in [6.07, 6.45) is 0. The molecule has 0 saturated heterocycles. The molecule has 0 aliphatic rings. The average Bonchev–Trinajstić information content (AvgIpc) is 2.19. The lowest BCUT2D eigenvalue weighted by Crippen LogP contribution is -2.03. The van der Waals surface area contributed by atoms with Crippen LogP contribution in [-0.2, 0) is 9.84 Å². The summed E-state index contributed by atoms with van der Waals surface area (Å²) in [5, 5.41) is 2.97. The van der Waals surface area contributed by atoms with Gasteiger partial charge in [0.05, 0.1) is 16.5 Å². The minimum Gasteiger partial charge on any atom is -0.376 e. The Balaban J connectivity index is 2.94. The van der Waals surface area contributed by atoms with Gasteiger partial charge in [0.15, 0.2) is 9.84 Å². The molecule has 0 unspecified atom stereocenters. The smallest absolute Gasteiger partial charge is 0.178 e. The Morgan fingerprint density at radius 3 is 2.29 bits per heavy atom. The third-order valence-electron chi connectivity index (χ3n) is 1.88. The van der Waals surface area contributed by atoms with Crippen LogP contribution in [0, 0.1) is 0 Å². The average molecular weight is 231 g/mol. The third-order valence-corrected chi connectivity index (χ3v) is 3.79. The topological polar surface area (TPSA) is 46.2 Å². The van der Waals surface area contributed by atoms with Crippen molar-refractivity contribution in [2.75, 3.05) is 16.9 Å². The lowest BCUT2D eigenvalue weighted by molar-refractivity contribution is 0.597. The number of hydrogen-bond acceptors (Lipinski definition) is 4. The molecule has 0 saturated carbocycles. The molecule has 14 heavy (non-hydrogen) atoms. The van der Waals surface area contributed by atoms with Crippen LogP contribution in [0.4, 0.5) is 5.69 Å². The standard InChI is InChI=1S/C9H13NO2S2/c1-2-14(11,12)9-5-3-8(4-6-9)10-7-13/h3-6,10,13H,2,7H2,1H3. The fraction of sp³-hybridized carbons (Fsp3) is 0.333. The van der Waals surface area contributed by atoms with Gasteiger partial charge in [-0.3, -0.25) is 0 Å². The van der Waals surface area contributed by atoms with Crippen molar-refractivity contribution in [1.82, 2.24) is 0 Å². The second kappa shape index (κ2) is 4.70. The first kappa shape index (κ1) is 11.4. The van der Waals surface area contributed by atoms with Crippen molar-refractivity contribution in [2.45, 2.75) is 11.8 Å². The van der Waals surface area contributed by atoms with Gasteiger partial charge in [0.25, 0.3) is 0 Å². The van der Waals surface area contributed by atoms with Crippen LogP contribution < -0.4 is 5.32 Å². The van der Waals surface area contributed by atoms with Gasteiger partial charge >= 0.3 is 0 Å². The summed E-state index contributed by atoms with van der Waals surface area (Å²) in [5.74, 6) is 0.659. The number of hydrogen-bond donors (Lipinski definition) is 2. The Morgan fingerprint density at radius 2 is 1.86 bits per heavy atom. The molecule has 5 heteroatoms. The molecular formula is C9H13NO2S2. The minimum absolute atomic E-state index is 0.131. The van der Waals surface area contributed by atoms with Crippen LogP contribution in [0.5, 0.6) is 0 Å². The lowest BCUT2D eigenvalue weighted by Gasteiger charge is -2.04. The van der Waals surface area contributed by atoms with Crippen LogP contribution >= 0.6 is 12.6 Å². The first-order chi connectivity index (χ1) is 6.60. The van der Waals surface area contributed by atoms with Crippen LogP contribution in [0.2, 0.25) is 0 Å². The van der Waals surface area contributed by atoms with Gasteiger partial charge < -0.3 is 5.32 Å². The van der Waals surface area contributed by atoms with E-state index < -0.39 is 9.84 Å². The predicted octanol–water partition coefficient (Wildman–Crippen LogP) is 1.78. The highest BCUT2D eigenvalue weighted by Gasteiger charge is 2.10. The third kappa shape index (κ3) is 2.65. The van der Waals surface area contributed by atoms with E-state index in [0.717, 1.165) is 5.69 Å². The Morgan fingerprint density at radius 1 is 1.29 bits per heavy atom.